The average Bonchev–Trinajstić information content (AvgIpc) is 2.53. The fourth-order valence-corrected chi connectivity index (χ4v) is 3.99. The Morgan fingerprint density at radius 1 is 1.38 bits per heavy atom. The van der Waals surface area contributed by atoms with Crippen LogP contribution in [0, 0.1) is 0 Å². The largest absolute Gasteiger partial charge is 0.487 e. The van der Waals surface area contributed by atoms with Gasteiger partial charge in [-0.25, -0.2) is 8.42 Å². The number of ether oxygens (including phenoxy) is 1. The van der Waals surface area contributed by atoms with Crippen LogP contribution < -0.4 is 9.64 Å². The summed E-state index contributed by atoms with van der Waals surface area (Å²) in [4.78, 5) is 13.5. The maximum Gasteiger partial charge on any atom is 0.243 e. The quantitative estimate of drug-likeness (QED) is 0.738. The van der Waals surface area contributed by atoms with Crippen molar-refractivity contribution in [3.05, 3.63) is 43.5 Å². The summed E-state index contributed by atoms with van der Waals surface area (Å²) in [6.07, 6.45) is 2.89. The highest BCUT2D eigenvalue weighted by Crippen LogP contribution is 2.36. The van der Waals surface area contributed by atoms with Gasteiger partial charge in [-0.2, -0.15) is 4.31 Å². The molecule has 1 aromatic carbocycles. The van der Waals surface area contributed by atoms with Gasteiger partial charge in [0.25, 0.3) is 0 Å². The number of hydrogen-bond donors (Lipinski definition) is 0. The highest BCUT2D eigenvalue weighted by molar-refractivity contribution is 7.89. The summed E-state index contributed by atoms with van der Waals surface area (Å²) in [5, 5.41) is 0. The lowest BCUT2D eigenvalue weighted by molar-refractivity contribution is -0.117. The van der Waals surface area contributed by atoms with Gasteiger partial charge in [0.15, 0.2) is 0 Å². The van der Waals surface area contributed by atoms with Crippen LogP contribution in [0.15, 0.2) is 48.4 Å². The van der Waals surface area contributed by atoms with Gasteiger partial charge in [0, 0.05) is 20.0 Å². The number of carbonyl (C=O) groups is 1. The Morgan fingerprint density at radius 3 is 2.54 bits per heavy atom. The predicted octanol–water partition coefficient (Wildman–Crippen LogP) is 2.18. The van der Waals surface area contributed by atoms with E-state index in [1.54, 1.807) is 6.07 Å². The van der Waals surface area contributed by atoms with Crippen molar-refractivity contribution >= 4 is 21.6 Å². The van der Waals surface area contributed by atoms with Crippen molar-refractivity contribution in [2.75, 3.05) is 24.5 Å². The number of fused-ring (bicyclic) bond motifs is 1. The minimum absolute atomic E-state index is 0.106. The molecule has 0 N–H and O–H groups in total. The summed E-state index contributed by atoms with van der Waals surface area (Å²) in [5.74, 6) is 0.344. The lowest BCUT2D eigenvalue weighted by Gasteiger charge is -2.33. The van der Waals surface area contributed by atoms with Crippen LogP contribution in [0.4, 0.5) is 5.69 Å². The minimum Gasteiger partial charge on any atom is -0.487 e. The van der Waals surface area contributed by atoms with E-state index in [-0.39, 0.29) is 30.0 Å². The van der Waals surface area contributed by atoms with Crippen molar-refractivity contribution in [1.82, 2.24) is 4.31 Å². The Labute approximate surface area is 143 Å². The molecule has 0 bridgehead atoms. The van der Waals surface area contributed by atoms with Gasteiger partial charge in [-0.15, -0.1) is 13.2 Å². The third-order valence-corrected chi connectivity index (χ3v) is 5.50. The smallest absolute Gasteiger partial charge is 0.243 e. The van der Waals surface area contributed by atoms with Crippen LogP contribution in [0.25, 0.3) is 0 Å². The van der Waals surface area contributed by atoms with Crippen LogP contribution in [-0.2, 0) is 14.8 Å². The van der Waals surface area contributed by atoms with Gasteiger partial charge in [0.1, 0.15) is 11.9 Å². The van der Waals surface area contributed by atoms with Crippen molar-refractivity contribution < 1.29 is 17.9 Å². The Hall–Kier alpha value is -2.12. The molecule has 1 atom stereocenters. The van der Waals surface area contributed by atoms with E-state index in [4.69, 9.17) is 4.74 Å². The Balaban J connectivity index is 2.49. The Bertz CT molecular complexity index is 748. The highest BCUT2D eigenvalue weighted by Gasteiger charge is 2.29. The molecule has 0 saturated heterocycles. The summed E-state index contributed by atoms with van der Waals surface area (Å²) < 4.78 is 32.6. The van der Waals surface area contributed by atoms with E-state index in [9.17, 15) is 13.2 Å². The summed E-state index contributed by atoms with van der Waals surface area (Å²) in [6.45, 7) is 11.2. The number of benzene rings is 1. The van der Waals surface area contributed by atoms with E-state index < -0.39 is 10.0 Å². The summed E-state index contributed by atoms with van der Waals surface area (Å²) in [5.41, 5.74) is 0.471. The predicted molar refractivity (Wildman–Crippen MR) is 93.7 cm³/mol. The van der Waals surface area contributed by atoms with Gasteiger partial charge in [-0.1, -0.05) is 12.2 Å². The van der Waals surface area contributed by atoms with Crippen LogP contribution in [0.2, 0.25) is 0 Å². The van der Waals surface area contributed by atoms with Crippen LogP contribution in [0.1, 0.15) is 13.8 Å². The van der Waals surface area contributed by atoms with Gasteiger partial charge in [-0.3, -0.25) is 4.79 Å². The van der Waals surface area contributed by atoms with Crippen molar-refractivity contribution in [3.8, 4) is 5.75 Å². The van der Waals surface area contributed by atoms with Crippen molar-refractivity contribution in [3.63, 3.8) is 0 Å². The molecule has 1 heterocycles. The number of carbonyl (C=O) groups excluding carboxylic acids is 1. The van der Waals surface area contributed by atoms with Gasteiger partial charge >= 0.3 is 0 Å². The minimum atomic E-state index is -3.72. The molecular formula is C17H22N2O4S. The maximum atomic E-state index is 12.8. The second kappa shape index (κ2) is 7.19. The summed E-state index contributed by atoms with van der Waals surface area (Å²) >= 11 is 0. The van der Waals surface area contributed by atoms with Crippen molar-refractivity contribution in [1.29, 1.82) is 0 Å². The molecule has 2 rings (SSSR count). The van der Waals surface area contributed by atoms with Gasteiger partial charge < -0.3 is 9.64 Å². The molecule has 0 spiro atoms. The van der Waals surface area contributed by atoms with E-state index in [1.807, 2.05) is 6.92 Å². The van der Waals surface area contributed by atoms with E-state index in [2.05, 4.69) is 13.2 Å². The summed E-state index contributed by atoms with van der Waals surface area (Å²) in [7, 11) is -3.72. The monoisotopic (exact) mass is 350 g/mol. The van der Waals surface area contributed by atoms with Gasteiger partial charge in [0.05, 0.1) is 17.1 Å². The first-order valence-corrected chi connectivity index (χ1v) is 9.06. The average molecular weight is 350 g/mol. The molecule has 130 valence electrons. The number of nitrogens with zero attached hydrogens (tertiary/aromatic N) is 2. The number of hydrogen-bond acceptors (Lipinski definition) is 4. The standard InChI is InChI=1S/C17H22N2O4S/c1-5-9-18(10-6-2)24(21,22)15-7-8-17-16(11-15)19(14(4)20)12-13(3)23-17/h5-8,11,13H,1-2,9-10,12H2,3-4H3. The lowest BCUT2D eigenvalue weighted by Crippen LogP contribution is -2.41. The SMILES string of the molecule is C=CCN(CC=C)S(=O)(=O)c1ccc2c(c1)N(C(C)=O)CC(C)O2. The molecule has 6 nitrogen and oxygen atoms in total. The van der Waals surface area contributed by atoms with Crippen LogP contribution >= 0.6 is 0 Å². The fraction of sp³-hybridized carbons (Fsp3) is 0.353. The first-order valence-electron chi connectivity index (χ1n) is 7.62. The zero-order valence-electron chi connectivity index (χ0n) is 13.9. The normalized spacial score (nSPS) is 17.1. The lowest BCUT2D eigenvalue weighted by atomic mass is 10.2. The topological polar surface area (TPSA) is 66.9 Å². The molecule has 1 aromatic rings. The molecule has 1 amide bonds. The number of rotatable bonds is 6. The molecule has 1 aliphatic rings. The Morgan fingerprint density at radius 2 is 2.00 bits per heavy atom. The van der Waals surface area contributed by atoms with Gasteiger partial charge in [0.2, 0.25) is 15.9 Å². The molecule has 7 heteroatoms. The first-order chi connectivity index (χ1) is 11.3. The Kier molecular flexibility index (Phi) is 5.46. The van der Waals surface area contributed by atoms with Crippen LogP contribution in [0.5, 0.6) is 5.75 Å². The van der Waals surface area contributed by atoms with E-state index >= 15 is 0 Å². The van der Waals surface area contributed by atoms with E-state index in [0.717, 1.165) is 0 Å². The molecular weight excluding hydrogens is 328 g/mol. The molecule has 1 unspecified atom stereocenters. The second-order valence-corrected chi connectivity index (χ2v) is 7.52. The molecule has 0 aliphatic carbocycles. The molecule has 1 aliphatic heterocycles. The highest BCUT2D eigenvalue weighted by atomic mass is 32.2. The summed E-state index contributed by atoms with van der Waals surface area (Å²) in [6, 6.07) is 4.56. The number of amides is 1. The molecule has 0 fully saturated rings. The van der Waals surface area contributed by atoms with Crippen LogP contribution in [-0.4, -0.2) is 44.4 Å². The van der Waals surface area contributed by atoms with Crippen LogP contribution in [0.3, 0.4) is 0 Å². The third kappa shape index (κ3) is 3.52. The maximum absolute atomic E-state index is 12.8. The second-order valence-electron chi connectivity index (χ2n) is 5.59. The number of sulfonamides is 1. The van der Waals surface area contributed by atoms with Crippen molar-refractivity contribution in [2.24, 2.45) is 0 Å². The van der Waals surface area contributed by atoms with E-state index in [1.165, 1.54) is 40.4 Å². The van der Waals surface area contributed by atoms with Crippen molar-refractivity contribution in [2.45, 2.75) is 24.8 Å². The third-order valence-electron chi connectivity index (χ3n) is 3.67. The molecule has 0 aromatic heterocycles. The number of anilines is 1. The molecule has 0 radical (unpaired) electrons. The fourth-order valence-electron chi connectivity index (χ4n) is 2.58. The van der Waals surface area contributed by atoms with E-state index in [0.29, 0.717) is 18.0 Å². The zero-order valence-corrected chi connectivity index (χ0v) is 14.8. The van der Waals surface area contributed by atoms with Gasteiger partial charge in [-0.05, 0) is 25.1 Å². The zero-order chi connectivity index (χ0) is 17.9. The molecule has 24 heavy (non-hydrogen) atoms. The first kappa shape index (κ1) is 18.2. The molecule has 0 saturated carbocycles.